The molecule has 180 valence electrons. The molecule has 2 aromatic rings. The Kier molecular flexibility index (Phi) is 20.2. The zero-order valence-electron chi connectivity index (χ0n) is 21.8. The molecule has 0 saturated heterocycles. The number of unbranched alkanes of at least 4 members (excludes halogenated alkanes) is 6. The maximum Gasteiger partial charge on any atom is 2.00 e. The van der Waals surface area contributed by atoms with E-state index in [9.17, 15) is 10.2 Å². The molecule has 0 bridgehead atoms. The number of hydrogen-bond donors (Lipinski definition) is 0. The molecule has 0 N–H and O–H groups in total. The van der Waals surface area contributed by atoms with Crippen LogP contribution in [0.25, 0.3) is 0 Å². The molecule has 0 aromatic heterocycles. The van der Waals surface area contributed by atoms with Crippen molar-refractivity contribution in [2.24, 2.45) is 11.8 Å². The minimum Gasteiger partial charge on any atom is -0.872 e. The molecule has 2 nitrogen and oxygen atoms in total. The molecule has 0 heterocycles. The van der Waals surface area contributed by atoms with Gasteiger partial charge in [-0.15, -0.1) is 11.5 Å². The predicted molar refractivity (Wildman–Crippen MR) is 141 cm³/mol. The molecular weight excluding hydrogens is 432 g/mol. The largest absolute Gasteiger partial charge is 2.00 e. The Bertz CT molecular complexity index is 650. The van der Waals surface area contributed by atoms with E-state index in [1.165, 1.54) is 51.4 Å². The first-order chi connectivity index (χ1) is 15.4. The molecule has 33 heavy (non-hydrogen) atoms. The van der Waals surface area contributed by atoms with Gasteiger partial charge in [-0.3, -0.25) is 0 Å². The minimum absolute atomic E-state index is 0. The molecule has 0 aliphatic rings. The van der Waals surface area contributed by atoms with Crippen molar-refractivity contribution in [3.05, 3.63) is 59.7 Å². The van der Waals surface area contributed by atoms with E-state index in [2.05, 4.69) is 27.7 Å². The molecular formula is C30H46CaO2. The third-order valence-electron chi connectivity index (χ3n) is 5.90. The van der Waals surface area contributed by atoms with Crippen LogP contribution in [-0.2, 0) is 12.8 Å². The van der Waals surface area contributed by atoms with Gasteiger partial charge < -0.3 is 10.2 Å². The second kappa shape index (κ2) is 20.7. The van der Waals surface area contributed by atoms with Crippen molar-refractivity contribution in [2.45, 2.75) is 105 Å². The predicted octanol–water partition coefficient (Wildman–Crippen LogP) is 7.44. The summed E-state index contributed by atoms with van der Waals surface area (Å²) in [6, 6.07) is 14.8. The van der Waals surface area contributed by atoms with Crippen LogP contribution >= 0.6 is 0 Å². The summed E-state index contributed by atoms with van der Waals surface area (Å²) in [6.07, 6.45) is 14.6. The van der Waals surface area contributed by atoms with Crippen LogP contribution in [0, 0.1) is 11.8 Å². The Hall–Kier alpha value is -0.700. The van der Waals surface area contributed by atoms with Gasteiger partial charge in [0.1, 0.15) is 0 Å². The second-order valence-corrected chi connectivity index (χ2v) is 9.91. The maximum absolute atomic E-state index is 11.4. The Labute approximate surface area is 234 Å². The monoisotopic (exact) mass is 478 g/mol. The number of rotatable bonds is 14. The summed E-state index contributed by atoms with van der Waals surface area (Å²) in [4.78, 5) is 0. The van der Waals surface area contributed by atoms with Gasteiger partial charge in [-0.25, -0.2) is 0 Å². The molecule has 0 aliphatic carbocycles. The van der Waals surface area contributed by atoms with Crippen LogP contribution in [-0.4, -0.2) is 37.7 Å². The van der Waals surface area contributed by atoms with Gasteiger partial charge in [0.25, 0.3) is 0 Å². The van der Waals surface area contributed by atoms with Crippen LogP contribution in [0.5, 0.6) is 11.5 Å². The summed E-state index contributed by atoms with van der Waals surface area (Å²) in [5, 5.41) is 22.9. The zero-order valence-corrected chi connectivity index (χ0v) is 24.0. The quantitative estimate of drug-likeness (QED) is 0.209. The van der Waals surface area contributed by atoms with E-state index >= 15 is 0 Å². The number of para-hydroxylation sites is 2. The normalized spacial score (nSPS) is 10.6. The van der Waals surface area contributed by atoms with E-state index in [0.29, 0.717) is 0 Å². The van der Waals surface area contributed by atoms with Crippen LogP contribution < -0.4 is 10.2 Å². The molecule has 0 unspecified atom stereocenters. The number of hydrogen-bond acceptors (Lipinski definition) is 2. The fraction of sp³-hybridized carbons (Fsp3) is 0.600. The molecule has 0 saturated carbocycles. The first-order valence-electron chi connectivity index (χ1n) is 12.9. The van der Waals surface area contributed by atoms with Crippen molar-refractivity contribution >= 4 is 37.7 Å². The number of aryl methyl sites for hydroxylation is 2. The number of benzene rings is 2. The standard InChI is InChI=1S/2C15H24O.Ca/c2*1-13(2)9-5-3-4-6-10-14-11-7-8-12-15(14)16;/h2*7-8,11-13,16H,3-6,9-10H2,1-2H3;/q;;+2/p-2. The van der Waals surface area contributed by atoms with Gasteiger partial charge in [-0.05, 0) is 37.5 Å². The average molecular weight is 479 g/mol. The molecule has 0 atom stereocenters. The maximum atomic E-state index is 11.4. The van der Waals surface area contributed by atoms with Gasteiger partial charge >= 0.3 is 37.7 Å². The van der Waals surface area contributed by atoms with Crippen molar-refractivity contribution in [1.82, 2.24) is 0 Å². The summed E-state index contributed by atoms with van der Waals surface area (Å²) in [6.45, 7) is 9.09. The van der Waals surface area contributed by atoms with Crippen LogP contribution in [0.1, 0.15) is 103 Å². The molecule has 2 rings (SSSR count). The van der Waals surface area contributed by atoms with E-state index in [4.69, 9.17) is 0 Å². The van der Waals surface area contributed by atoms with Crippen molar-refractivity contribution in [2.75, 3.05) is 0 Å². The molecule has 0 spiro atoms. The van der Waals surface area contributed by atoms with Crippen LogP contribution in [0.15, 0.2) is 48.5 Å². The Balaban J connectivity index is 0.000000602. The van der Waals surface area contributed by atoms with Gasteiger partial charge in [-0.1, -0.05) is 139 Å². The van der Waals surface area contributed by atoms with Crippen LogP contribution in [0.2, 0.25) is 0 Å². The van der Waals surface area contributed by atoms with Gasteiger partial charge in [0.15, 0.2) is 0 Å². The summed E-state index contributed by atoms with van der Waals surface area (Å²) in [5.74, 6) is 2.04. The zero-order chi connectivity index (χ0) is 23.6. The average Bonchev–Trinajstić information content (AvgIpc) is 2.75. The van der Waals surface area contributed by atoms with Gasteiger partial charge in [0.05, 0.1) is 0 Å². The smallest absolute Gasteiger partial charge is 0.872 e. The summed E-state index contributed by atoms with van der Waals surface area (Å²) >= 11 is 0. The van der Waals surface area contributed by atoms with Crippen molar-refractivity contribution in [3.8, 4) is 11.5 Å². The van der Waals surface area contributed by atoms with E-state index in [1.807, 2.05) is 36.4 Å². The molecule has 0 aliphatic heterocycles. The SMILES string of the molecule is CC(C)CCCCCCc1ccccc1[O-].CC(C)CCCCCCc1ccccc1[O-].[Ca+2]. The van der Waals surface area contributed by atoms with Crippen LogP contribution in [0.4, 0.5) is 0 Å². The second-order valence-electron chi connectivity index (χ2n) is 9.91. The topological polar surface area (TPSA) is 46.1 Å². The molecule has 3 heteroatoms. The third-order valence-corrected chi connectivity index (χ3v) is 5.90. The van der Waals surface area contributed by atoms with Crippen molar-refractivity contribution < 1.29 is 10.2 Å². The van der Waals surface area contributed by atoms with E-state index in [0.717, 1.165) is 48.6 Å². The first kappa shape index (κ1) is 32.3. The molecule has 0 radical (unpaired) electrons. The third kappa shape index (κ3) is 17.4. The Morgan fingerprint density at radius 2 is 0.848 bits per heavy atom. The first-order valence-corrected chi connectivity index (χ1v) is 12.9. The molecule has 0 amide bonds. The molecule has 0 fully saturated rings. The van der Waals surface area contributed by atoms with Gasteiger partial charge in [0, 0.05) is 0 Å². The molecule has 2 aromatic carbocycles. The van der Waals surface area contributed by atoms with E-state index in [-0.39, 0.29) is 49.2 Å². The van der Waals surface area contributed by atoms with Gasteiger partial charge in [0.2, 0.25) is 0 Å². The summed E-state index contributed by atoms with van der Waals surface area (Å²) in [5.41, 5.74) is 1.96. The van der Waals surface area contributed by atoms with Crippen LogP contribution in [0.3, 0.4) is 0 Å². The fourth-order valence-electron chi connectivity index (χ4n) is 3.86. The summed E-state index contributed by atoms with van der Waals surface area (Å²) < 4.78 is 0. The minimum atomic E-state index is 0. The van der Waals surface area contributed by atoms with Gasteiger partial charge in [-0.2, -0.15) is 0 Å². The van der Waals surface area contributed by atoms with E-state index < -0.39 is 0 Å². The summed E-state index contributed by atoms with van der Waals surface area (Å²) in [7, 11) is 0. The van der Waals surface area contributed by atoms with E-state index in [1.54, 1.807) is 12.1 Å². The fourth-order valence-corrected chi connectivity index (χ4v) is 3.86. The Morgan fingerprint density at radius 3 is 1.18 bits per heavy atom. The van der Waals surface area contributed by atoms with Crippen molar-refractivity contribution in [3.63, 3.8) is 0 Å². The van der Waals surface area contributed by atoms with Crippen molar-refractivity contribution in [1.29, 1.82) is 0 Å². The Morgan fingerprint density at radius 1 is 0.515 bits per heavy atom.